The van der Waals surface area contributed by atoms with Crippen LogP contribution in [0.15, 0.2) is 84.6 Å². The molecule has 15 atom stereocenters. The number of allylic oxidation sites excluding steroid dienone is 3. The van der Waals surface area contributed by atoms with Crippen LogP contribution in [0.1, 0.15) is 111 Å². The van der Waals surface area contributed by atoms with Crippen LogP contribution >= 0.6 is 0 Å². The van der Waals surface area contributed by atoms with E-state index in [0.717, 1.165) is 40.7 Å². The van der Waals surface area contributed by atoms with Crippen LogP contribution in [0.2, 0.25) is 0 Å². The van der Waals surface area contributed by atoms with Crippen molar-refractivity contribution in [2.75, 3.05) is 6.61 Å². The fraction of sp³-hybridized carbons (Fsp3) is 0.702. The van der Waals surface area contributed by atoms with Crippen LogP contribution in [0.5, 0.6) is 0 Å². The van der Waals surface area contributed by atoms with Gasteiger partial charge in [-0.1, -0.05) is 85.4 Å². The standard InChI is InChI=1S/C47H74O12/c1-27(14-28(2)16-30(4)18-34(8)49)15-29(3)17-31(5)20-37-21-33(7)25-47(58-37)26-39(52)45-46(59-47)44(55)43(54)41(57-45)23-35(50)19-32(6)22-40-42(53)38(51)24-36(56-40)12-10-9-11-13-48/h9-10,25,30,34-46,48-55H,1-3,5-6,11-24,26H2,4,7-8H3/b10-9+/t30-,34-,35+,36-,37+,38-,39-,40-,41-,42+,43+,44-,45-,46+,47-/m1/s1. The van der Waals surface area contributed by atoms with Crippen molar-refractivity contribution in [2.45, 2.75) is 196 Å². The monoisotopic (exact) mass is 831 g/mol. The maximum Gasteiger partial charge on any atom is 0.191 e. The van der Waals surface area contributed by atoms with Gasteiger partial charge in [-0.15, -0.1) is 0 Å². The molecule has 0 unspecified atom stereocenters. The van der Waals surface area contributed by atoms with Crippen molar-refractivity contribution in [1.82, 2.24) is 0 Å². The van der Waals surface area contributed by atoms with Gasteiger partial charge >= 0.3 is 0 Å². The largest absolute Gasteiger partial charge is 0.396 e. The molecule has 8 N–H and O–H groups in total. The summed E-state index contributed by atoms with van der Waals surface area (Å²) >= 11 is 0. The lowest BCUT2D eigenvalue weighted by Crippen LogP contribution is -2.68. The summed E-state index contributed by atoms with van der Waals surface area (Å²) in [5, 5.41) is 84.8. The van der Waals surface area contributed by atoms with Crippen molar-refractivity contribution in [1.29, 1.82) is 0 Å². The number of ether oxygens (including phenoxy) is 4. The number of aliphatic hydroxyl groups is 8. The molecule has 0 amide bonds. The van der Waals surface area contributed by atoms with Gasteiger partial charge in [-0.2, -0.15) is 0 Å². The van der Waals surface area contributed by atoms with Crippen LogP contribution in [0.3, 0.4) is 0 Å². The summed E-state index contributed by atoms with van der Waals surface area (Å²) in [4.78, 5) is 0. The van der Waals surface area contributed by atoms with E-state index in [4.69, 9.17) is 24.1 Å². The smallest absolute Gasteiger partial charge is 0.191 e. The molecule has 12 nitrogen and oxygen atoms in total. The minimum Gasteiger partial charge on any atom is -0.396 e. The van der Waals surface area contributed by atoms with E-state index in [2.05, 4.69) is 39.8 Å². The van der Waals surface area contributed by atoms with Gasteiger partial charge in [-0.3, -0.25) is 0 Å². The lowest BCUT2D eigenvalue weighted by molar-refractivity contribution is -0.360. The summed E-state index contributed by atoms with van der Waals surface area (Å²) in [6.07, 6.45) is -0.169. The van der Waals surface area contributed by atoms with Gasteiger partial charge in [0.2, 0.25) is 0 Å². The average molecular weight is 831 g/mol. The molecule has 12 heteroatoms. The first-order chi connectivity index (χ1) is 27.8. The summed E-state index contributed by atoms with van der Waals surface area (Å²) in [6.45, 7) is 27.0. The normalized spacial score (nSPS) is 35.1. The summed E-state index contributed by atoms with van der Waals surface area (Å²) in [5.74, 6) is -1.01. The van der Waals surface area contributed by atoms with Crippen LogP contribution in [-0.4, -0.2) is 133 Å². The second-order valence-corrected chi connectivity index (χ2v) is 18.2. The molecule has 3 saturated heterocycles. The van der Waals surface area contributed by atoms with E-state index in [-0.39, 0.29) is 57.0 Å². The van der Waals surface area contributed by atoms with Gasteiger partial charge in [0.1, 0.15) is 30.5 Å². The molecule has 0 saturated carbocycles. The van der Waals surface area contributed by atoms with Gasteiger partial charge in [-0.25, -0.2) is 0 Å². The topological polar surface area (TPSA) is 199 Å². The summed E-state index contributed by atoms with van der Waals surface area (Å²) < 4.78 is 25.2. The fourth-order valence-electron chi connectivity index (χ4n) is 9.39. The van der Waals surface area contributed by atoms with Crippen molar-refractivity contribution in [3.63, 3.8) is 0 Å². The SMILES string of the molecule is C=C(CC(=C)CC(=C)C[C@H]1CC(C)=C[C@@]2(C[C@@H](O)[C@H]3O[C@H](C[C@@H](O)CC(=C)C[C@H]4O[C@H](C/C=C/CCO)C[C@@H](O)[C@@H]4O)[C@H](O)[C@@H](O)[C@@H]3O2)O1)CC(=C)C[C@@H](C)C[C@@H](C)O. The first-order valence-electron chi connectivity index (χ1n) is 21.5. The molecule has 3 fully saturated rings. The second kappa shape index (κ2) is 22.7. The highest BCUT2D eigenvalue weighted by molar-refractivity contribution is 5.22. The Morgan fingerprint density at radius 2 is 1.44 bits per heavy atom. The van der Waals surface area contributed by atoms with Crippen molar-refractivity contribution >= 4 is 0 Å². The summed E-state index contributed by atoms with van der Waals surface area (Å²) in [5.41, 5.74) is 5.60. The molecule has 0 aliphatic carbocycles. The third-order valence-electron chi connectivity index (χ3n) is 11.7. The third kappa shape index (κ3) is 14.9. The van der Waals surface area contributed by atoms with Crippen LogP contribution in [-0.2, 0) is 18.9 Å². The quantitative estimate of drug-likeness (QED) is 0.0686. The zero-order chi connectivity index (χ0) is 43.6. The molecular formula is C47H74O12. The van der Waals surface area contributed by atoms with Gasteiger partial charge in [-0.05, 0) is 96.5 Å². The molecule has 4 heterocycles. The van der Waals surface area contributed by atoms with E-state index in [9.17, 15) is 35.7 Å². The Morgan fingerprint density at radius 1 is 0.763 bits per heavy atom. The van der Waals surface area contributed by atoms with E-state index >= 15 is 0 Å². The molecule has 1 spiro atoms. The van der Waals surface area contributed by atoms with Crippen molar-refractivity contribution in [3.8, 4) is 0 Å². The maximum absolute atomic E-state index is 11.4. The Bertz CT molecular complexity index is 1500. The highest BCUT2D eigenvalue weighted by Crippen LogP contribution is 2.44. The highest BCUT2D eigenvalue weighted by Gasteiger charge is 2.57. The Balaban J connectivity index is 1.26. The van der Waals surface area contributed by atoms with Gasteiger partial charge in [0.05, 0.1) is 48.8 Å². The molecular weight excluding hydrogens is 757 g/mol. The molecule has 334 valence electrons. The van der Waals surface area contributed by atoms with Crippen LogP contribution in [0, 0.1) is 5.92 Å². The number of aliphatic hydroxyl groups excluding tert-OH is 8. The molecule has 4 aliphatic heterocycles. The van der Waals surface area contributed by atoms with Gasteiger partial charge in [0, 0.05) is 25.9 Å². The molecule has 0 aromatic heterocycles. The second-order valence-electron chi connectivity index (χ2n) is 18.2. The van der Waals surface area contributed by atoms with Crippen molar-refractivity contribution < 1.29 is 59.8 Å². The first kappa shape index (κ1) is 49.4. The van der Waals surface area contributed by atoms with Crippen molar-refractivity contribution in [2.24, 2.45) is 5.92 Å². The molecule has 4 aliphatic rings. The Labute approximate surface area is 351 Å². The predicted molar refractivity (Wildman–Crippen MR) is 227 cm³/mol. The minimum atomic E-state index is -1.45. The van der Waals surface area contributed by atoms with E-state index in [1.165, 1.54) is 0 Å². The zero-order valence-corrected chi connectivity index (χ0v) is 35.7. The van der Waals surface area contributed by atoms with E-state index in [0.29, 0.717) is 56.4 Å². The number of rotatable bonds is 22. The number of fused-ring (bicyclic) bond motifs is 1. The van der Waals surface area contributed by atoms with Crippen LogP contribution in [0.4, 0.5) is 0 Å². The predicted octanol–water partition coefficient (Wildman–Crippen LogP) is 4.93. The number of hydrogen-bond donors (Lipinski definition) is 8. The van der Waals surface area contributed by atoms with Crippen LogP contribution < -0.4 is 0 Å². The minimum absolute atomic E-state index is 0.0312. The lowest BCUT2D eigenvalue weighted by atomic mass is 9.83. The average Bonchev–Trinajstić information content (AvgIpc) is 3.10. The van der Waals surface area contributed by atoms with E-state index in [1.807, 2.05) is 25.2 Å². The van der Waals surface area contributed by atoms with Crippen LogP contribution in [0.25, 0.3) is 0 Å². The molecule has 4 rings (SSSR count). The molecule has 59 heavy (non-hydrogen) atoms. The summed E-state index contributed by atoms with van der Waals surface area (Å²) in [6, 6.07) is 0. The molecule has 0 radical (unpaired) electrons. The maximum atomic E-state index is 11.4. The van der Waals surface area contributed by atoms with Gasteiger partial charge < -0.3 is 59.8 Å². The van der Waals surface area contributed by atoms with E-state index < -0.39 is 66.8 Å². The summed E-state index contributed by atoms with van der Waals surface area (Å²) in [7, 11) is 0. The van der Waals surface area contributed by atoms with Gasteiger partial charge in [0.15, 0.2) is 5.79 Å². The number of hydrogen-bond acceptors (Lipinski definition) is 12. The van der Waals surface area contributed by atoms with Gasteiger partial charge in [0.25, 0.3) is 0 Å². The molecule has 0 aromatic carbocycles. The fourth-order valence-corrected chi connectivity index (χ4v) is 9.39. The lowest BCUT2D eigenvalue weighted by Gasteiger charge is -2.53. The Hall–Kier alpha value is -2.30. The zero-order valence-electron chi connectivity index (χ0n) is 35.7. The van der Waals surface area contributed by atoms with Crippen molar-refractivity contribution in [3.05, 3.63) is 84.6 Å². The van der Waals surface area contributed by atoms with E-state index in [1.54, 1.807) is 6.92 Å². The first-order valence-corrected chi connectivity index (χ1v) is 21.5. The highest BCUT2D eigenvalue weighted by atomic mass is 16.7. The molecule has 0 aromatic rings. The third-order valence-corrected chi connectivity index (χ3v) is 11.7. The molecule has 0 bridgehead atoms. The Morgan fingerprint density at radius 3 is 2.12 bits per heavy atom. The Kier molecular flexibility index (Phi) is 19.0.